The van der Waals surface area contributed by atoms with Crippen molar-refractivity contribution in [1.29, 1.82) is 0 Å². The lowest BCUT2D eigenvalue weighted by atomic mass is 10.1. The molecule has 1 unspecified atom stereocenters. The quantitative estimate of drug-likeness (QED) is 0.861. The minimum Gasteiger partial charge on any atom is -0.300 e. The average Bonchev–Trinajstić information content (AvgIpc) is 2.76. The molecule has 4 nitrogen and oxygen atoms in total. The molecule has 1 N–H and O–H groups in total. The van der Waals surface area contributed by atoms with Crippen LogP contribution in [0.3, 0.4) is 0 Å². The number of hydrogen-bond donors (Lipinski definition) is 1. The van der Waals surface area contributed by atoms with E-state index in [0.717, 1.165) is 18.2 Å². The summed E-state index contributed by atoms with van der Waals surface area (Å²) < 4.78 is 24.8. The molecule has 1 atom stereocenters. The molecule has 1 aliphatic heterocycles. The molecule has 23 heavy (non-hydrogen) atoms. The van der Waals surface area contributed by atoms with Crippen molar-refractivity contribution < 1.29 is 8.42 Å². The molecule has 0 aliphatic carbocycles. The fourth-order valence-corrected chi connectivity index (χ4v) is 3.53. The maximum absolute atomic E-state index is 11.2. The SMILES string of the molecule is CC(CC=Cc1ccc(NS(C)(=O)=O)cc1)N1CCCCCC1. The van der Waals surface area contributed by atoms with Crippen LogP contribution in [-0.2, 0) is 10.0 Å². The molecule has 1 saturated heterocycles. The molecule has 0 bridgehead atoms. The van der Waals surface area contributed by atoms with E-state index in [2.05, 4.69) is 28.7 Å². The summed E-state index contributed by atoms with van der Waals surface area (Å²) in [4.78, 5) is 2.59. The van der Waals surface area contributed by atoms with Crippen LogP contribution in [0, 0.1) is 0 Å². The molecular weight excluding hydrogens is 308 g/mol. The van der Waals surface area contributed by atoms with E-state index in [1.54, 1.807) is 12.1 Å². The summed E-state index contributed by atoms with van der Waals surface area (Å²) in [7, 11) is -3.21. The summed E-state index contributed by atoms with van der Waals surface area (Å²) in [5.74, 6) is 0. The Labute approximate surface area is 140 Å². The van der Waals surface area contributed by atoms with E-state index in [-0.39, 0.29) is 0 Å². The Morgan fingerprint density at radius 2 is 1.74 bits per heavy atom. The van der Waals surface area contributed by atoms with Crippen LogP contribution in [0.5, 0.6) is 0 Å². The first-order valence-corrected chi connectivity index (χ1v) is 10.3. The van der Waals surface area contributed by atoms with Gasteiger partial charge in [-0.2, -0.15) is 0 Å². The number of benzene rings is 1. The smallest absolute Gasteiger partial charge is 0.229 e. The Morgan fingerprint density at radius 3 is 2.30 bits per heavy atom. The van der Waals surface area contributed by atoms with Crippen molar-refractivity contribution >= 4 is 21.8 Å². The van der Waals surface area contributed by atoms with Gasteiger partial charge in [0, 0.05) is 11.7 Å². The standard InChI is InChI=1S/C18H28N2O2S/c1-16(20-14-5-3-4-6-15-20)8-7-9-17-10-12-18(13-11-17)19-23(2,21)22/h7,9-13,16,19H,3-6,8,14-15H2,1-2H3. The molecule has 0 radical (unpaired) electrons. The number of hydrogen-bond acceptors (Lipinski definition) is 3. The summed E-state index contributed by atoms with van der Waals surface area (Å²) in [6.45, 7) is 4.75. The van der Waals surface area contributed by atoms with Gasteiger partial charge in [0.1, 0.15) is 0 Å². The third-order valence-electron chi connectivity index (χ3n) is 4.27. The molecule has 0 amide bonds. The predicted molar refractivity (Wildman–Crippen MR) is 98.1 cm³/mol. The molecule has 1 heterocycles. The summed E-state index contributed by atoms with van der Waals surface area (Å²) in [6.07, 6.45) is 11.9. The zero-order chi connectivity index (χ0) is 16.7. The Morgan fingerprint density at radius 1 is 1.13 bits per heavy atom. The highest BCUT2D eigenvalue weighted by molar-refractivity contribution is 7.92. The van der Waals surface area contributed by atoms with Crippen molar-refractivity contribution in [3.8, 4) is 0 Å². The maximum atomic E-state index is 11.2. The minimum absolute atomic E-state index is 0.579. The summed E-state index contributed by atoms with van der Waals surface area (Å²) in [5.41, 5.74) is 1.69. The molecular formula is C18H28N2O2S. The van der Waals surface area contributed by atoms with E-state index >= 15 is 0 Å². The first-order chi connectivity index (χ1) is 10.9. The number of rotatable bonds is 6. The Hall–Kier alpha value is -1.33. The highest BCUT2D eigenvalue weighted by Gasteiger charge is 2.14. The van der Waals surface area contributed by atoms with E-state index in [9.17, 15) is 8.42 Å². The highest BCUT2D eigenvalue weighted by atomic mass is 32.2. The largest absolute Gasteiger partial charge is 0.300 e. The monoisotopic (exact) mass is 336 g/mol. The first-order valence-electron chi connectivity index (χ1n) is 8.42. The van der Waals surface area contributed by atoms with E-state index in [0.29, 0.717) is 11.7 Å². The van der Waals surface area contributed by atoms with Crippen molar-refractivity contribution in [2.45, 2.75) is 45.1 Å². The highest BCUT2D eigenvalue weighted by Crippen LogP contribution is 2.16. The normalized spacial score (nSPS) is 18.7. The molecule has 1 aromatic carbocycles. The van der Waals surface area contributed by atoms with Crippen molar-refractivity contribution in [2.75, 3.05) is 24.1 Å². The van der Waals surface area contributed by atoms with Crippen molar-refractivity contribution in [3.05, 3.63) is 35.9 Å². The molecule has 1 aromatic rings. The molecule has 2 rings (SSSR count). The van der Waals surface area contributed by atoms with Crippen LogP contribution in [0.2, 0.25) is 0 Å². The van der Waals surface area contributed by atoms with E-state index in [1.807, 2.05) is 12.1 Å². The lowest BCUT2D eigenvalue weighted by Gasteiger charge is -2.26. The summed E-state index contributed by atoms with van der Waals surface area (Å²) in [6, 6.07) is 8.02. The van der Waals surface area contributed by atoms with E-state index < -0.39 is 10.0 Å². The third kappa shape index (κ3) is 6.75. The summed E-state index contributed by atoms with van der Waals surface area (Å²) in [5, 5.41) is 0. The van der Waals surface area contributed by atoms with Gasteiger partial charge in [0.2, 0.25) is 10.0 Å². The van der Waals surface area contributed by atoms with Crippen molar-refractivity contribution in [1.82, 2.24) is 4.90 Å². The first kappa shape index (κ1) is 18.0. The van der Waals surface area contributed by atoms with Crippen LogP contribution in [0.15, 0.2) is 30.3 Å². The van der Waals surface area contributed by atoms with Crippen molar-refractivity contribution in [2.24, 2.45) is 0 Å². The van der Waals surface area contributed by atoms with Gasteiger partial charge in [-0.05, 0) is 57.0 Å². The number of likely N-dealkylation sites (tertiary alicyclic amines) is 1. The topological polar surface area (TPSA) is 49.4 Å². The number of anilines is 1. The zero-order valence-electron chi connectivity index (χ0n) is 14.2. The fourth-order valence-electron chi connectivity index (χ4n) is 2.96. The van der Waals surface area contributed by atoms with Crippen LogP contribution >= 0.6 is 0 Å². The van der Waals surface area contributed by atoms with Gasteiger partial charge in [-0.15, -0.1) is 0 Å². The molecule has 1 aliphatic rings. The van der Waals surface area contributed by atoms with Gasteiger partial charge in [0.15, 0.2) is 0 Å². The average molecular weight is 337 g/mol. The molecule has 1 fully saturated rings. The summed E-state index contributed by atoms with van der Waals surface area (Å²) >= 11 is 0. The Bertz CT molecular complexity index is 600. The Balaban J connectivity index is 1.85. The number of nitrogens with zero attached hydrogens (tertiary/aromatic N) is 1. The molecule has 0 saturated carbocycles. The van der Waals surface area contributed by atoms with Gasteiger partial charge in [0.25, 0.3) is 0 Å². The van der Waals surface area contributed by atoms with Crippen LogP contribution in [0.4, 0.5) is 5.69 Å². The Kier molecular flexibility index (Phi) is 6.66. The predicted octanol–water partition coefficient (Wildman–Crippen LogP) is 3.73. The maximum Gasteiger partial charge on any atom is 0.229 e. The minimum atomic E-state index is -3.21. The lowest BCUT2D eigenvalue weighted by molar-refractivity contribution is 0.218. The van der Waals surface area contributed by atoms with Crippen LogP contribution in [-0.4, -0.2) is 38.7 Å². The fraction of sp³-hybridized carbons (Fsp3) is 0.556. The second-order valence-corrected chi connectivity index (χ2v) is 8.18. The van der Waals surface area contributed by atoms with Gasteiger partial charge >= 0.3 is 0 Å². The van der Waals surface area contributed by atoms with Gasteiger partial charge < -0.3 is 4.90 Å². The second-order valence-electron chi connectivity index (χ2n) is 6.43. The van der Waals surface area contributed by atoms with Crippen molar-refractivity contribution in [3.63, 3.8) is 0 Å². The third-order valence-corrected chi connectivity index (χ3v) is 4.87. The van der Waals surface area contributed by atoms with E-state index in [1.165, 1.54) is 38.8 Å². The van der Waals surface area contributed by atoms with Gasteiger partial charge in [-0.3, -0.25) is 4.72 Å². The van der Waals surface area contributed by atoms with Gasteiger partial charge in [0.05, 0.1) is 6.26 Å². The molecule has 5 heteroatoms. The molecule has 128 valence electrons. The van der Waals surface area contributed by atoms with Crippen LogP contribution < -0.4 is 4.72 Å². The van der Waals surface area contributed by atoms with Crippen LogP contribution in [0.1, 0.15) is 44.6 Å². The number of nitrogens with one attached hydrogen (secondary N) is 1. The lowest BCUT2D eigenvalue weighted by Crippen LogP contribution is -2.33. The number of sulfonamides is 1. The second kappa shape index (κ2) is 8.50. The molecule has 0 aromatic heterocycles. The van der Waals surface area contributed by atoms with Gasteiger partial charge in [-0.25, -0.2) is 8.42 Å². The van der Waals surface area contributed by atoms with Gasteiger partial charge in [-0.1, -0.05) is 37.1 Å². The van der Waals surface area contributed by atoms with Crippen LogP contribution in [0.25, 0.3) is 6.08 Å². The van der Waals surface area contributed by atoms with E-state index in [4.69, 9.17) is 0 Å². The molecule has 0 spiro atoms. The zero-order valence-corrected chi connectivity index (χ0v) is 15.0.